The highest BCUT2D eigenvalue weighted by Gasteiger charge is 2.30. The summed E-state index contributed by atoms with van der Waals surface area (Å²) in [5.41, 5.74) is 10.4. The molecule has 208 valence electrons. The van der Waals surface area contributed by atoms with Gasteiger partial charge in [0.25, 0.3) is 0 Å². The average molecular weight is 545 g/mol. The Labute approximate surface area is 232 Å². The van der Waals surface area contributed by atoms with Crippen molar-refractivity contribution in [3.05, 3.63) is 65.4 Å². The van der Waals surface area contributed by atoms with Gasteiger partial charge in [0.1, 0.15) is 23.1 Å². The van der Waals surface area contributed by atoms with Crippen LogP contribution in [0.1, 0.15) is 29.9 Å². The SMILES string of the molecule is COc1ncc(N(C)c2ccc3nc(C)nc(N[C@H](C)c4cc(N)cc(C)c4F)c3c2)cc1N1CCN(C)C1=O. The molecule has 40 heavy (non-hydrogen) atoms. The first-order chi connectivity index (χ1) is 19.1. The monoisotopic (exact) mass is 544 g/mol. The van der Waals surface area contributed by atoms with Crippen molar-refractivity contribution in [1.82, 2.24) is 19.9 Å². The summed E-state index contributed by atoms with van der Waals surface area (Å²) in [6, 6.07) is 10.5. The molecule has 5 rings (SSSR count). The van der Waals surface area contributed by atoms with Crippen molar-refractivity contribution in [2.24, 2.45) is 0 Å². The van der Waals surface area contributed by atoms with Crippen LogP contribution < -0.4 is 25.6 Å². The Morgan fingerprint density at radius 1 is 1.12 bits per heavy atom. The Kier molecular flexibility index (Phi) is 7.05. The van der Waals surface area contributed by atoms with Gasteiger partial charge >= 0.3 is 6.03 Å². The second kappa shape index (κ2) is 10.5. The van der Waals surface area contributed by atoms with Gasteiger partial charge in [0, 0.05) is 49.5 Å². The molecule has 2 amide bonds. The summed E-state index contributed by atoms with van der Waals surface area (Å²) in [4.78, 5) is 31.7. The van der Waals surface area contributed by atoms with Crippen molar-refractivity contribution in [3.8, 4) is 5.88 Å². The molecule has 10 nitrogen and oxygen atoms in total. The number of hydrogen-bond donors (Lipinski definition) is 2. The summed E-state index contributed by atoms with van der Waals surface area (Å²) >= 11 is 0. The summed E-state index contributed by atoms with van der Waals surface area (Å²) in [6.45, 7) is 6.57. The van der Waals surface area contributed by atoms with Gasteiger partial charge in [0.2, 0.25) is 5.88 Å². The minimum atomic E-state index is -0.398. The van der Waals surface area contributed by atoms with Crippen LogP contribution in [0.25, 0.3) is 10.9 Å². The lowest BCUT2D eigenvalue weighted by Gasteiger charge is -2.24. The molecule has 1 fully saturated rings. The summed E-state index contributed by atoms with van der Waals surface area (Å²) in [5, 5.41) is 4.15. The minimum absolute atomic E-state index is 0.102. The van der Waals surface area contributed by atoms with Crippen molar-refractivity contribution >= 4 is 45.5 Å². The molecular formula is C29H33FN8O2. The quantitative estimate of drug-likeness (QED) is 0.306. The smallest absolute Gasteiger partial charge is 0.324 e. The number of nitrogen functional groups attached to an aromatic ring is 1. The number of ether oxygens (including phenoxy) is 1. The number of anilines is 5. The van der Waals surface area contributed by atoms with Crippen molar-refractivity contribution < 1.29 is 13.9 Å². The lowest BCUT2D eigenvalue weighted by atomic mass is 10.0. The molecule has 11 heteroatoms. The van der Waals surface area contributed by atoms with E-state index in [4.69, 9.17) is 10.5 Å². The van der Waals surface area contributed by atoms with E-state index in [9.17, 15) is 9.18 Å². The van der Waals surface area contributed by atoms with E-state index in [0.29, 0.717) is 53.1 Å². The highest BCUT2D eigenvalue weighted by molar-refractivity contribution is 5.96. The molecule has 2 aromatic carbocycles. The summed E-state index contributed by atoms with van der Waals surface area (Å²) in [5.74, 6) is 1.27. The molecule has 3 N–H and O–H groups in total. The number of benzene rings is 2. The van der Waals surface area contributed by atoms with E-state index in [1.807, 2.05) is 50.1 Å². The largest absolute Gasteiger partial charge is 0.480 e. The first-order valence-electron chi connectivity index (χ1n) is 13.0. The molecule has 2 aromatic heterocycles. The van der Waals surface area contributed by atoms with Gasteiger partial charge in [-0.3, -0.25) is 4.90 Å². The zero-order valence-electron chi connectivity index (χ0n) is 23.5. The van der Waals surface area contributed by atoms with Crippen LogP contribution in [0.2, 0.25) is 0 Å². The predicted octanol–water partition coefficient (Wildman–Crippen LogP) is 5.18. The summed E-state index contributed by atoms with van der Waals surface area (Å²) < 4.78 is 20.4. The molecule has 0 bridgehead atoms. The molecule has 0 spiro atoms. The molecule has 1 aliphatic heterocycles. The minimum Gasteiger partial charge on any atom is -0.480 e. The molecule has 0 aliphatic carbocycles. The Morgan fingerprint density at radius 2 is 1.90 bits per heavy atom. The first kappa shape index (κ1) is 26.9. The van der Waals surface area contributed by atoms with E-state index in [0.717, 1.165) is 22.3 Å². The highest BCUT2D eigenvalue weighted by Crippen LogP contribution is 2.36. The number of likely N-dealkylation sites (N-methyl/N-ethyl adjacent to an activating group) is 1. The van der Waals surface area contributed by atoms with E-state index in [2.05, 4.69) is 20.3 Å². The number of halogens is 1. The van der Waals surface area contributed by atoms with Gasteiger partial charge in [-0.05, 0) is 62.7 Å². The Bertz CT molecular complexity index is 1610. The number of aryl methyl sites for hydroxylation is 2. The van der Waals surface area contributed by atoms with Gasteiger partial charge in [-0.2, -0.15) is 0 Å². The number of carbonyl (C=O) groups is 1. The average Bonchev–Trinajstić information content (AvgIpc) is 3.27. The Morgan fingerprint density at radius 3 is 2.60 bits per heavy atom. The lowest BCUT2D eigenvalue weighted by molar-refractivity contribution is 0.229. The summed E-state index contributed by atoms with van der Waals surface area (Å²) in [6.07, 6.45) is 1.70. The molecule has 0 saturated carbocycles. The lowest BCUT2D eigenvalue weighted by Crippen LogP contribution is -2.29. The number of pyridine rings is 1. The third-order valence-corrected chi connectivity index (χ3v) is 7.21. The van der Waals surface area contributed by atoms with Crippen molar-refractivity contribution in [1.29, 1.82) is 0 Å². The number of urea groups is 1. The molecular weight excluding hydrogens is 511 g/mol. The topological polar surface area (TPSA) is 113 Å². The molecule has 1 saturated heterocycles. The van der Waals surface area contributed by atoms with E-state index in [1.165, 1.54) is 7.11 Å². The number of nitrogens with two attached hydrogens (primary N) is 1. The third-order valence-electron chi connectivity index (χ3n) is 7.21. The van der Waals surface area contributed by atoms with Gasteiger partial charge in [-0.15, -0.1) is 0 Å². The second-order valence-corrected chi connectivity index (χ2v) is 10.1. The van der Waals surface area contributed by atoms with Crippen LogP contribution in [0.4, 0.5) is 37.8 Å². The standard InChI is InChI=1S/C29H33FN8O2/c1-16-11-19(31)12-22(26(16)30)17(2)33-27-23-13-20(7-8-24(23)34-18(3)35-27)37(5)21-14-25(28(40-6)32-15-21)38-10-9-36(4)29(38)39/h7-8,11-15,17H,9-10,31H2,1-6H3,(H,33,34,35)/t17-/m1/s1. The van der Waals surface area contributed by atoms with E-state index in [1.54, 1.807) is 42.1 Å². The fourth-order valence-electron chi connectivity index (χ4n) is 4.96. The van der Waals surface area contributed by atoms with Crippen molar-refractivity contribution in [3.63, 3.8) is 0 Å². The maximum Gasteiger partial charge on any atom is 0.324 e. The van der Waals surface area contributed by atoms with Gasteiger partial charge in [0.05, 0.1) is 30.6 Å². The van der Waals surface area contributed by atoms with Crippen molar-refractivity contribution in [2.75, 3.05) is 55.1 Å². The number of methoxy groups -OCH3 is 1. The van der Waals surface area contributed by atoms with Gasteiger partial charge in [0.15, 0.2) is 0 Å². The highest BCUT2D eigenvalue weighted by atomic mass is 19.1. The number of nitrogens with one attached hydrogen (secondary N) is 1. The zero-order valence-corrected chi connectivity index (χ0v) is 23.5. The van der Waals surface area contributed by atoms with Crippen molar-refractivity contribution in [2.45, 2.75) is 26.8 Å². The van der Waals surface area contributed by atoms with Crippen LogP contribution in [-0.2, 0) is 0 Å². The molecule has 4 aromatic rings. The van der Waals surface area contributed by atoms with E-state index < -0.39 is 6.04 Å². The third kappa shape index (κ3) is 4.90. The van der Waals surface area contributed by atoms with Crippen LogP contribution in [0, 0.1) is 19.7 Å². The van der Waals surface area contributed by atoms with E-state index in [-0.39, 0.29) is 11.8 Å². The molecule has 3 heterocycles. The fraction of sp³-hybridized carbons (Fsp3) is 0.310. The van der Waals surface area contributed by atoms with Crippen LogP contribution >= 0.6 is 0 Å². The molecule has 1 aliphatic rings. The first-order valence-corrected chi connectivity index (χ1v) is 13.0. The zero-order chi connectivity index (χ0) is 28.7. The van der Waals surface area contributed by atoms with E-state index >= 15 is 0 Å². The second-order valence-electron chi connectivity index (χ2n) is 10.1. The fourth-order valence-corrected chi connectivity index (χ4v) is 4.96. The van der Waals surface area contributed by atoms with Crippen LogP contribution in [0.5, 0.6) is 5.88 Å². The number of aromatic nitrogens is 3. The van der Waals surface area contributed by atoms with Gasteiger partial charge in [-0.25, -0.2) is 24.1 Å². The van der Waals surface area contributed by atoms with Crippen LogP contribution in [0.15, 0.2) is 42.6 Å². The number of rotatable bonds is 7. The van der Waals surface area contributed by atoms with Crippen LogP contribution in [-0.4, -0.2) is 60.2 Å². The maximum absolute atomic E-state index is 15.0. The number of fused-ring (bicyclic) bond motifs is 1. The van der Waals surface area contributed by atoms with Gasteiger partial charge in [-0.1, -0.05) is 0 Å². The Balaban J connectivity index is 1.51. The predicted molar refractivity (Wildman–Crippen MR) is 156 cm³/mol. The normalized spacial score (nSPS) is 14.1. The molecule has 0 radical (unpaired) electrons. The summed E-state index contributed by atoms with van der Waals surface area (Å²) in [7, 11) is 5.23. The van der Waals surface area contributed by atoms with Gasteiger partial charge < -0.3 is 25.6 Å². The van der Waals surface area contributed by atoms with Crippen LogP contribution in [0.3, 0.4) is 0 Å². The number of carbonyl (C=O) groups excluding carboxylic acids is 1. The number of nitrogens with zero attached hydrogens (tertiary/aromatic N) is 6. The number of hydrogen-bond acceptors (Lipinski definition) is 8. The molecule has 0 unspecified atom stereocenters. The number of amides is 2. The maximum atomic E-state index is 15.0. The Hall–Kier alpha value is -4.67. The molecule has 1 atom stereocenters.